The second-order valence-corrected chi connectivity index (χ2v) is 2.26. The molecule has 0 aromatic rings. The molecule has 0 bridgehead atoms. The fourth-order valence-electron chi connectivity index (χ4n) is 0.368. The normalized spacial score (nSPS) is 19.8. The van der Waals surface area contributed by atoms with E-state index >= 15 is 0 Å². The molecule has 0 saturated heterocycles. The Labute approximate surface area is 50.7 Å². The van der Waals surface area contributed by atoms with E-state index in [1.807, 2.05) is 9.44 Å². The average Bonchev–Trinajstić information content (AvgIpc) is 1.86. The van der Waals surface area contributed by atoms with Crippen molar-refractivity contribution in [1.29, 1.82) is 0 Å². The smallest absolute Gasteiger partial charge is 0.0783 e. The van der Waals surface area contributed by atoms with Gasteiger partial charge in [0.05, 0.1) is 29.4 Å². The van der Waals surface area contributed by atoms with Crippen LogP contribution in [0.4, 0.5) is 0 Å². The van der Waals surface area contributed by atoms with Gasteiger partial charge in [-0.3, -0.25) is 0 Å². The second kappa shape index (κ2) is 1.77. The lowest BCUT2D eigenvalue weighted by atomic mass is 10.5. The molecular formula is C3H5IN2. The van der Waals surface area contributed by atoms with Crippen molar-refractivity contribution in [2.24, 2.45) is 5.10 Å². The molecule has 0 amide bonds. The Kier molecular flexibility index (Phi) is 1.29. The first-order chi connectivity index (χ1) is 2.89. The molecule has 0 saturated carbocycles. The summed E-state index contributed by atoms with van der Waals surface area (Å²) in [7, 11) is 0. The Morgan fingerprint density at radius 3 is 2.83 bits per heavy atom. The van der Waals surface area contributed by atoms with Crippen molar-refractivity contribution < 1.29 is 0 Å². The number of halogens is 1. The minimum atomic E-state index is 1.08. The standard InChI is InChI=1S/C3H5IN2/c4-6-3-1-2-5-6/h2H,1,3H2. The highest BCUT2D eigenvalue weighted by Crippen LogP contribution is 2.04. The monoisotopic (exact) mass is 196 g/mol. The van der Waals surface area contributed by atoms with E-state index in [4.69, 9.17) is 0 Å². The Hall–Kier alpha value is 0.200. The molecule has 0 atom stereocenters. The summed E-state index contributed by atoms with van der Waals surface area (Å²) in [5.41, 5.74) is 0. The van der Waals surface area contributed by atoms with Crippen LogP contribution in [0.25, 0.3) is 0 Å². The van der Waals surface area contributed by atoms with Crippen LogP contribution in [0.15, 0.2) is 5.10 Å². The van der Waals surface area contributed by atoms with Crippen molar-refractivity contribution in [3.8, 4) is 0 Å². The Morgan fingerprint density at radius 1 is 1.83 bits per heavy atom. The molecule has 1 heterocycles. The molecule has 1 rings (SSSR count). The fraction of sp³-hybridized carbons (Fsp3) is 0.667. The number of nitrogens with zero attached hydrogens (tertiary/aromatic N) is 2. The van der Waals surface area contributed by atoms with E-state index in [-0.39, 0.29) is 0 Å². The summed E-state index contributed by atoms with van der Waals surface area (Å²) < 4.78 is 1.90. The van der Waals surface area contributed by atoms with Gasteiger partial charge in [0.15, 0.2) is 0 Å². The number of hydrogen-bond acceptors (Lipinski definition) is 2. The number of hydrogen-bond donors (Lipinski definition) is 0. The van der Waals surface area contributed by atoms with Crippen molar-refractivity contribution in [3.05, 3.63) is 0 Å². The summed E-state index contributed by atoms with van der Waals surface area (Å²) in [6.45, 7) is 1.08. The van der Waals surface area contributed by atoms with Gasteiger partial charge in [0.25, 0.3) is 0 Å². The highest BCUT2D eigenvalue weighted by Gasteiger charge is 1.96. The molecule has 0 unspecified atom stereocenters. The van der Waals surface area contributed by atoms with Gasteiger partial charge in [0.1, 0.15) is 0 Å². The third kappa shape index (κ3) is 0.830. The zero-order valence-electron chi connectivity index (χ0n) is 3.26. The molecule has 0 radical (unpaired) electrons. The van der Waals surface area contributed by atoms with Crippen molar-refractivity contribution in [3.63, 3.8) is 0 Å². The van der Waals surface area contributed by atoms with Gasteiger partial charge < -0.3 is 0 Å². The van der Waals surface area contributed by atoms with E-state index in [0.29, 0.717) is 0 Å². The lowest BCUT2D eigenvalue weighted by Gasteiger charge is -1.96. The average molecular weight is 196 g/mol. The maximum atomic E-state index is 3.93. The lowest BCUT2D eigenvalue weighted by molar-refractivity contribution is 0.602. The summed E-state index contributed by atoms with van der Waals surface area (Å²) >= 11 is 2.17. The van der Waals surface area contributed by atoms with E-state index in [0.717, 1.165) is 13.0 Å². The highest BCUT2D eigenvalue weighted by molar-refractivity contribution is 14.1. The third-order valence-electron chi connectivity index (χ3n) is 0.650. The van der Waals surface area contributed by atoms with Crippen molar-refractivity contribution in [2.45, 2.75) is 6.42 Å². The minimum absolute atomic E-state index is 1.08. The van der Waals surface area contributed by atoms with E-state index in [1.54, 1.807) is 0 Å². The molecular weight excluding hydrogens is 191 g/mol. The molecule has 0 spiro atoms. The van der Waals surface area contributed by atoms with E-state index < -0.39 is 0 Å². The molecule has 0 fully saturated rings. The molecule has 0 aromatic heterocycles. The summed E-state index contributed by atoms with van der Waals surface area (Å²) in [5, 5.41) is 3.93. The molecule has 34 valence electrons. The quantitative estimate of drug-likeness (QED) is 0.417. The Balaban J connectivity index is 2.38. The first-order valence-electron chi connectivity index (χ1n) is 1.85. The van der Waals surface area contributed by atoms with Crippen LogP contribution >= 0.6 is 22.9 Å². The molecule has 2 nitrogen and oxygen atoms in total. The van der Waals surface area contributed by atoms with Crippen LogP contribution in [0.1, 0.15) is 6.42 Å². The van der Waals surface area contributed by atoms with Crippen LogP contribution in [0, 0.1) is 0 Å². The summed E-state index contributed by atoms with van der Waals surface area (Å²) in [4.78, 5) is 0. The number of hydrazone groups is 1. The lowest BCUT2D eigenvalue weighted by Crippen LogP contribution is -1.94. The predicted molar refractivity (Wildman–Crippen MR) is 33.8 cm³/mol. The molecule has 0 aromatic carbocycles. The van der Waals surface area contributed by atoms with Gasteiger partial charge in [-0.25, -0.2) is 3.22 Å². The summed E-state index contributed by atoms with van der Waals surface area (Å²) in [5.74, 6) is 0. The highest BCUT2D eigenvalue weighted by atomic mass is 127. The fourth-order valence-corrected chi connectivity index (χ4v) is 0.823. The predicted octanol–water partition coefficient (Wildman–Crippen LogP) is 1.03. The Morgan fingerprint density at radius 2 is 2.67 bits per heavy atom. The van der Waals surface area contributed by atoms with Crippen molar-refractivity contribution >= 4 is 29.1 Å². The van der Waals surface area contributed by atoms with Gasteiger partial charge in [0.2, 0.25) is 0 Å². The van der Waals surface area contributed by atoms with Gasteiger partial charge in [-0.2, -0.15) is 5.10 Å². The first kappa shape index (κ1) is 4.36. The molecule has 1 aliphatic heterocycles. The van der Waals surface area contributed by atoms with Crippen LogP contribution < -0.4 is 0 Å². The first-order valence-corrected chi connectivity index (χ1v) is 2.82. The molecule has 0 aliphatic carbocycles. The van der Waals surface area contributed by atoms with Crippen molar-refractivity contribution in [1.82, 2.24) is 3.22 Å². The maximum Gasteiger partial charge on any atom is 0.0783 e. The SMILES string of the molecule is IN1CCC=N1. The van der Waals surface area contributed by atoms with Gasteiger partial charge in [-0.05, 0) is 0 Å². The van der Waals surface area contributed by atoms with Gasteiger partial charge in [0, 0.05) is 12.6 Å². The van der Waals surface area contributed by atoms with E-state index in [2.05, 4.69) is 28.0 Å². The zero-order chi connectivity index (χ0) is 4.41. The maximum absolute atomic E-state index is 3.93. The van der Waals surface area contributed by atoms with Gasteiger partial charge >= 0.3 is 0 Å². The second-order valence-electron chi connectivity index (χ2n) is 1.15. The van der Waals surface area contributed by atoms with Gasteiger partial charge in [-0.15, -0.1) is 0 Å². The van der Waals surface area contributed by atoms with Crippen LogP contribution in [0.2, 0.25) is 0 Å². The van der Waals surface area contributed by atoms with Crippen LogP contribution in [0.5, 0.6) is 0 Å². The largest absolute Gasteiger partial charge is 0.236 e. The van der Waals surface area contributed by atoms with E-state index in [1.165, 1.54) is 0 Å². The van der Waals surface area contributed by atoms with Crippen LogP contribution in [-0.2, 0) is 0 Å². The van der Waals surface area contributed by atoms with E-state index in [9.17, 15) is 0 Å². The minimum Gasteiger partial charge on any atom is -0.236 e. The molecule has 0 N–H and O–H groups in total. The molecule has 3 heteroatoms. The van der Waals surface area contributed by atoms with Crippen LogP contribution in [-0.4, -0.2) is 16.0 Å². The summed E-state index contributed by atoms with van der Waals surface area (Å²) in [6, 6.07) is 0. The van der Waals surface area contributed by atoms with Gasteiger partial charge in [-0.1, -0.05) is 0 Å². The molecule has 1 aliphatic rings. The summed E-state index contributed by atoms with van der Waals surface area (Å²) in [6.07, 6.45) is 3.04. The van der Waals surface area contributed by atoms with Crippen molar-refractivity contribution in [2.75, 3.05) is 6.54 Å². The Bertz CT molecular complexity index is 71.2. The number of rotatable bonds is 0. The zero-order valence-corrected chi connectivity index (χ0v) is 5.42. The third-order valence-corrected chi connectivity index (χ3v) is 1.38. The molecule has 6 heavy (non-hydrogen) atoms. The van der Waals surface area contributed by atoms with Crippen LogP contribution in [0.3, 0.4) is 0 Å². The topological polar surface area (TPSA) is 15.6 Å².